The van der Waals surface area contributed by atoms with E-state index in [1.807, 2.05) is 0 Å². The predicted octanol–water partition coefficient (Wildman–Crippen LogP) is 0.845. The Labute approximate surface area is 95.2 Å². The van der Waals surface area contributed by atoms with Gasteiger partial charge in [-0.25, -0.2) is 0 Å². The lowest BCUT2D eigenvalue weighted by atomic mass is 10.1. The van der Waals surface area contributed by atoms with Crippen molar-refractivity contribution in [2.75, 3.05) is 13.7 Å². The van der Waals surface area contributed by atoms with Gasteiger partial charge in [0.1, 0.15) is 0 Å². The van der Waals surface area contributed by atoms with E-state index >= 15 is 0 Å². The van der Waals surface area contributed by atoms with E-state index < -0.39 is 10.1 Å². The first kappa shape index (κ1) is 13.1. The molecule has 0 amide bonds. The highest BCUT2D eigenvalue weighted by atomic mass is 32.2. The van der Waals surface area contributed by atoms with E-state index in [9.17, 15) is 8.42 Å². The fourth-order valence-electron chi connectivity index (χ4n) is 1.30. The Morgan fingerprint density at radius 1 is 1.25 bits per heavy atom. The van der Waals surface area contributed by atoms with Gasteiger partial charge in [0.15, 0.2) is 0 Å². The molecule has 1 aromatic carbocycles. The highest BCUT2D eigenvalue weighted by Crippen LogP contribution is 2.13. The predicted molar refractivity (Wildman–Crippen MR) is 59.1 cm³/mol. The topological polar surface area (TPSA) is 78.6 Å². The van der Waals surface area contributed by atoms with E-state index in [2.05, 4.69) is 10.2 Å². The second kappa shape index (κ2) is 5.95. The minimum Gasteiger partial charge on any atom is -0.385 e. The lowest BCUT2D eigenvalue weighted by Crippen LogP contribution is -2.11. The van der Waals surface area contributed by atoms with Crippen LogP contribution in [-0.2, 0) is 25.6 Å². The molecule has 5 nitrogen and oxygen atoms in total. The molecule has 0 spiro atoms. The number of hydrogen-bond donors (Lipinski definition) is 1. The highest BCUT2D eigenvalue weighted by molar-refractivity contribution is 7.86. The summed E-state index contributed by atoms with van der Waals surface area (Å²) < 4.78 is 31.3. The average Bonchev–Trinajstić information content (AvgIpc) is 2.30. The van der Waals surface area contributed by atoms with Gasteiger partial charge in [-0.05, 0) is 30.5 Å². The fourth-order valence-corrected chi connectivity index (χ4v) is 1.88. The van der Waals surface area contributed by atoms with Gasteiger partial charge in [0.05, 0.1) is 4.90 Å². The summed E-state index contributed by atoms with van der Waals surface area (Å²) >= 11 is 0. The standard InChI is InChI=1S/C10H15NO4S/c1-14-8-2-3-9-4-6-10(7-5-9)16(12,13)15-11/h4-7H,2-3,8,11H2,1H3. The molecule has 0 unspecified atom stereocenters. The molecule has 1 rings (SSSR count). The number of methoxy groups -OCH3 is 1. The molecule has 0 fully saturated rings. The van der Waals surface area contributed by atoms with E-state index in [1.54, 1.807) is 19.2 Å². The fraction of sp³-hybridized carbons (Fsp3) is 0.400. The lowest BCUT2D eigenvalue weighted by molar-refractivity contribution is 0.195. The molecule has 0 aliphatic heterocycles. The average molecular weight is 245 g/mol. The van der Waals surface area contributed by atoms with Gasteiger partial charge in [-0.3, -0.25) is 0 Å². The molecule has 0 saturated carbocycles. The van der Waals surface area contributed by atoms with Gasteiger partial charge in [0.2, 0.25) is 0 Å². The third-order valence-electron chi connectivity index (χ3n) is 2.15. The van der Waals surface area contributed by atoms with Crippen LogP contribution in [0.2, 0.25) is 0 Å². The molecule has 0 radical (unpaired) electrons. The highest BCUT2D eigenvalue weighted by Gasteiger charge is 2.12. The van der Waals surface area contributed by atoms with Crippen molar-refractivity contribution in [3.8, 4) is 0 Å². The van der Waals surface area contributed by atoms with E-state index in [1.165, 1.54) is 12.1 Å². The Kier molecular flexibility index (Phi) is 4.88. The molecular formula is C10H15NO4S. The first-order valence-corrected chi connectivity index (χ1v) is 6.22. The molecule has 0 heterocycles. The molecule has 0 bridgehead atoms. The van der Waals surface area contributed by atoms with Gasteiger partial charge in [0, 0.05) is 13.7 Å². The summed E-state index contributed by atoms with van der Waals surface area (Å²) in [7, 11) is -2.14. The molecule has 1 aromatic rings. The molecule has 0 aliphatic carbocycles. The Hall–Kier alpha value is -0.950. The number of benzene rings is 1. The van der Waals surface area contributed by atoms with Gasteiger partial charge in [-0.15, -0.1) is 0 Å². The summed E-state index contributed by atoms with van der Waals surface area (Å²) in [6, 6.07) is 6.43. The molecule has 2 N–H and O–H groups in total. The maximum absolute atomic E-state index is 11.2. The van der Waals surface area contributed by atoms with Crippen LogP contribution in [0, 0.1) is 0 Å². The van der Waals surface area contributed by atoms with Gasteiger partial charge in [-0.2, -0.15) is 18.6 Å². The number of rotatable bonds is 6. The van der Waals surface area contributed by atoms with Crippen LogP contribution in [0.15, 0.2) is 29.2 Å². The van der Waals surface area contributed by atoms with Crippen LogP contribution < -0.4 is 5.90 Å². The molecule has 16 heavy (non-hydrogen) atoms. The van der Waals surface area contributed by atoms with Crippen molar-refractivity contribution >= 4 is 10.1 Å². The van der Waals surface area contributed by atoms with Crippen LogP contribution in [-0.4, -0.2) is 22.1 Å². The molecule has 0 saturated heterocycles. The summed E-state index contributed by atoms with van der Waals surface area (Å²) in [6.45, 7) is 0.686. The minimum atomic E-state index is -3.79. The van der Waals surface area contributed by atoms with Crippen LogP contribution in [0.5, 0.6) is 0 Å². The van der Waals surface area contributed by atoms with Gasteiger partial charge < -0.3 is 4.74 Å². The largest absolute Gasteiger partial charge is 0.385 e. The van der Waals surface area contributed by atoms with Crippen LogP contribution in [0.25, 0.3) is 0 Å². The Morgan fingerprint density at radius 2 is 1.88 bits per heavy atom. The van der Waals surface area contributed by atoms with Crippen molar-refractivity contribution in [2.24, 2.45) is 5.90 Å². The van der Waals surface area contributed by atoms with Crippen molar-refractivity contribution in [3.63, 3.8) is 0 Å². The van der Waals surface area contributed by atoms with Crippen molar-refractivity contribution in [1.29, 1.82) is 0 Å². The molecule has 0 atom stereocenters. The zero-order valence-electron chi connectivity index (χ0n) is 9.05. The minimum absolute atomic E-state index is 0.0606. The van der Waals surface area contributed by atoms with E-state index in [0.29, 0.717) is 6.61 Å². The quantitative estimate of drug-likeness (QED) is 0.593. The summed E-state index contributed by atoms with van der Waals surface area (Å²) in [5, 5.41) is 0. The second-order valence-electron chi connectivity index (χ2n) is 3.29. The molecule has 6 heteroatoms. The monoisotopic (exact) mass is 245 g/mol. The third kappa shape index (κ3) is 3.57. The van der Waals surface area contributed by atoms with Crippen LogP contribution in [0.4, 0.5) is 0 Å². The van der Waals surface area contributed by atoms with Crippen LogP contribution >= 0.6 is 0 Å². The number of nitrogens with two attached hydrogens (primary N) is 1. The van der Waals surface area contributed by atoms with Crippen LogP contribution in [0.1, 0.15) is 12.0 Å². The van der Waals surface area contributed by atoms with Crippen molar-refractivity contribution in [1.82, 2.24) is 0 Å². The van der Waals surface area contributed by atoms with E-state index in [0.717, 1.165) is 18.4 Å². The molecule has 0 aliphatic rings. The molecule has 90 valence electrons. The van der Waals surface area contributed by atoms with Crippen molar-refractivity contribution in [3.05, 3.63) is 29.8 Å². The molecular weight excluding hydrogens is 230 g/mol. The zero-order chi connectivity index (χ0) is 12.0. The summed E-state index contributed by atoms with van der Waals surface area (Å²) in [5.41, 5.74) is 1.05. The first-order valence-electron chi connectivity index (χ1n) is 4.81. The summed E-state index contributed by atoms with van der Waals surface area (Å²) in [6.07, 6.45) is 1.74. The SMILES string of the molecule is COCCCc1ccc(S(=O)(=O)ON)cc1. The smallest absolute Gasteiger partial charge is 0.312 e. The normalized spacial score (nSPS) is 11.6. The van der Waals surface area contributed by atoms with Gasteiger partial charge in [0.25, 0.3) is 0 Å². The third-order valence-corrected chi connectivity index (χ3v) is 3.26. The van der Waals surface area contributed by atoms with Gasteiger partial charge in [-0.1, -0.05) is 12.1 Å². The van der Waals surface area contributed by atoms with Gasteiger partial charge >= 0.3 is 10.1 Å². The summed E-state index contributed by atoms with van der Waals surface area (Å²) in [4.78, 5) is 0.0606. The van der Waals surface area contributed by atoms with E-state index in [-0.39, 0.29) is 4.90 Å². The van der Waals surface area contributed by atoms with E-state index in [4.69, 9.17) is 4.74 Å². The Morgan fingerprint density at radius 3 is 2.38 bits per heavy atom. The number of hydrogen-bond acceptors (Lipinski definition) is 5. The first-order chi connectivity index (χ1) is 7.60. The maximum atomic E-state index is 11.2. The van der Waals surface area contributed by atoms with Crippen molar-refractivity contribution < 1.29 is 17.4 Å². The summed E-state index contributed by atoms with van der Waals surface area (Å²) in [5.74, 6) is 4.67. The Bertz CT molecular complexity index is 413. The second-order valence-corrected chi connectivity index (χ2v) is 4.86. The molecule has 0 aromatic heterocycles. The number of ether oxygens (including phenoxy) is 1. The Balaban J connectivity index is 2.68. The maximum Gasteiger partial charge on any atom is 0.312 e. The zero-order valence-corrected chi connectivity index (χ0v) is 9.87. The van der Waals surface area contributed by atoms with Crippen LogP contribution in [0.3, 0.4) is 0 Å². The lowest BCUT2D eigenvalue weighted by Gasteiger charge is -2.03. The van der Waals surface area contributed by atoms with Crippen molar-refractivity contribution in [2.45, 2.75) is 17.7 Å². The number of aryl methyl sites for hydroxylation is 1.